The van der Waals surface area contributed by atoms with E-state index >= 15 is 0 Å². The Morgan fingerprint density at radius 2 is 0.798 bits per heavy atom. The fraction of sp³-hybridized carbons (Fsp3) is 0.365. The minimum Gasteiger partial charge on any atom is -1.00 e. The molecule has 3 radical (unpaired) electrons. The first-order valence-electron chi connectivity index (χ1n) is 28.9. The summed E-state index contributed by atoms with van der Waals surface area (Å²) in [4.78, 5) is 55.0. The van der Waals surface area contributed by atoms with Crippen molar-refractivity contribution in [1.82, 2.24) is 30.7 Å². The standard InChI is InChI=1S/2C21H24F2N4O2.C21H22F2N4O2.B.Na.H/c3*22-14-2-4-18-15(10-14)19(28)11-21(26-18)5-7-27(8-6-21)20(29)25-12-13-1-3-17(24)16(23)9-13;;;/h2*1-4,9-10,19,26,28H,5-8,11-12,24H2,(H,25,29);1-4,9-10,26H,5-8,11-12,24H2,(H,25,29);;;/q;;;;+1;-1/t2*19-;;;;/m10..../s1. The van der Waals surface area contributed by atoms with Gasteiger partial charge in [-0.25, -0.2) is 40.7 Å². The van der Waals surface area contributed by atoms with Crippen LogP contribution < -0.4 is 78.7 Å². The number of urea groups is 3. The van der Waals surface area contributed by atoms with Crippen molar-refractivity contribution in [2.75, 3.05) is 72.4 Å². The van der Waals surface area contributed by atoms with E-state index in [9.17, 15) is 55.7 Å². The third-order valence-corrected chi connectivity index (χ3v) is 17.4. The van der Waals surface area contributed by atoms with E-state index in [1.807, 2.05) is 0 Å². The number of aliphatic hydroxyl groups is 2. The Morgan fingerprint density at radius 3 is 1.15 bits per heavy atom. The second-order valence-corrected chi connectivity index (χ2v) is 23.4. The number of nitrogens with one attached hydrogen (secondary N) is 6. The first-order valence-corrected chi connectivity index (χ1v) is 28.9. The van der Waals surface area contributed by atoms with Crippen molar-refractivity contribution in [2.24, 2.45) is 0 Å². The first-order chi connectivity index (χ1) is 41.5. The minimum absolute atomic E-state index is 0. The van der Waals surface area contributed by atoms with Crippen LogP contribution in [-0.2, 0) is 19.6 Å². The molecule has 6 aromatic carbocycles. The molecule has 2 atom stereocenters. The zero-order valence-electron chi connectivity index (χ0n) is 50.2. The van der Waals surface area contributed by atoms with E-state index in [2.05, 4.69) is 31.9 Å². The Hall–Kier alpha value is -7.84. The molecule has 6 amide bonds. The van der Waals surface area contributed by atoms with Crippen LogP contribution in [0.3, 0.4) is 0 Å². The van der Waals surface area contributed by atoms with Crippen LogP contribution in [0.25, 0.3) is 0 Å². The second kappa shape index (κ2) is 28.3. The van der Waals surface area contributed by atoms with Crippen LogP contribution in [-0.4, -0.2) is 113 Å². The van der Waals surface area contributed by atoms with Crippen molar-refractivity contribution < 1.29 is 86.7 Å². The molecule has 6 aliphatic heterocycles. The van der Waals surface area contributed by atoms with Gasteiger partial charge in [0, 0.05) is 137 Å². The molecular formula is C63H71BF6N12NaO6. The van der Waals surface area contributed by atoms with Crippen molar-refractivity contribution in [3.05, 3.63) is 177 Å². The Labute approximate surface area is 537 Å². The Kier molecular flexibility index (Phi) is 21.4. The molecule has 6 aliphatic rings. The number of aliphatic hydroxyl groups excluding tert-OH is 2. The van der Waals surface area contributed by atoms with Crippen LogP contribution >= 0.6 is 0 Å². The van der Waals surface area contributed by atoms with Crippen LogP contribution in [0.15, 0.2) is 109 Å². The molecule has 3 fully saturated rings. The van der Waals surface area contributed by atoms with E-state index in [1.165, 1.54) is 72.8 Å². The number of Topliss-reactive ketones (excluding diaryl/α,β-unsaturated/α-hetero) is 1. The topological polar surface area (TPSA) is 269 Å². The molecule has 3 saturated heterocycles. The number of rotatable bonds is 6. The summed E-state index contributed by atoms with van der Waals surface area (Å²) in [6.07, 6.45) is 3.67. The maximum absolute atomic E-state index is 13.5. The predicted octanol–water partition coefficient (Wildman–Crippen LogP) is 6.31. The molecule has 26 heteroatoms. The van der Waals surface area contributed by atoms with Crippen LogP contribution in [0.5, 0.6) is 0 Å². The van der Waals surface area contributed by atoms with Gasteiger partial charge in [-0.3, -0.25) is 4.79 Å². The van der Waals surface area contributed by atoms with Crippen molar-refractivity contribution in [3.8, 4) is 0 Å². The Morgan fingerprint density at radius 1 is 0.483 bits per heavy atom. The van der Waals surface area contributed by atoms with Gasteiger partial charge >= 0.3 is 47.7 Å². The number of fused-ring (bicyclic) bond motifs is 3. The normalized spacial score (nSPS) is 18.8. The van der Waals surface area contributed by atoms with E-state index in [0.29, 0.717) is 130 Å². The monoisotopic (exact) mass is 1240 g/mol. The second-order valence-electron chi connectivity index (χ2n) is 23.4. The zero-order chi connectivity index (χ0) is 61.8. The molecule has 14 N–H and O–H groups in total. The summed E-state index contributed by atoms with van der Waals surface area (Å²) in [5.41, 5.74) is 21.1. The van der Waals surface area contributed by atoms with E-state index in [0.717, 1.165) is 11.4 Å². The molecule has 6 heterocycles. The SMILES string of the molecule is Nc1ccc(CNC(=O)N2CCC3(CC2)CC(=O)c2cc(F)ccc2N3)cc1F.Nc1ccc(CNC(=O)N2CCC3(CC2)C[C@@H](O)c2cc(F)ccc2N3)cc1F.Nc1ccc(CNC(=O)N2CCC3(CC2)C[C@H](O)c2cc(F)ccc2N3)cc1F.[B].[H-].[Na+]. The van der Waals surface area contributed by atoms with Crippen molar-refractivity contribution in [1.29, 1.82) is 0 Å². The third-order valence-electron chi connectivity index (χ3n) is 17.4. The molecule has 465 valence electrons. The number of anilines is 6. The molecule has 0 aliphatic carbocycles. The van der Waals surface area contributed by atoms with E-state index in [-0.39, 0.29) is 129 Å². The van der Waals surface area contributed by atoms with Gasteiger partial charge < -0.3 is 75.4 Å². The number of hydrogen-bond donors (Lipinski definition) is 11. The van der Waals surface area contributed by atoms with Gasteiger partial charge in [0.2, 0.25) is 0 Å². The number of nitrogen functional groups attached to an aromatic ring is 3. The molecule has 0 saturated carbocycles. The van der Waals surface area contributed by atoms with Crippen LogP contribution in [0.4, 0.5) is 74.9 Å². The van der Waals surface area contributed by atoms with Crippen molar-refractivity contribution >= 4 is 66.4 Å². The quantitative estimate of drug-likeness (QED) is 0.0498. The predicted molar refractivity (Wildman–Crippen MR) is 325 cm³/mol. The van der Waals surface area contributed by atoms with E-state index in [4.69, 9.17) is 17.2 Å². The summed E-state index contributed by atoms with van der Waals surface area (Å²) in [7, 11) is 0. The van der Waals surface area contributed by atoms with Crippen LogP contribution in [0.1, 0.15) is 110 Å². The van der Waals surface area contributed by atoms with Crippen LogP contribution in [0.2, 0.25) is 0 Å². The maximum Gasteiger partial charge on any atom is 1.00 e. The van der Waals surface area contributed by atoms with Crippen molar-refractivity contribution in [3.63, 3.8) is 0 Å². The molecule has 89 heavy (non-hydrogen) atoms. The number of halogens is 6. The molecule has 0 aromatic heterocycles. The number of likely N-dealkylation sites (tertiary alicyclic amines) is 3. The third kappa shape index (κ3) is 16.0. The largest absolute Gasteiger partial charge is 1.00 e. The molecule has 12 rings (SSSR count). The Bertz CT molecular complexity index is 3430. The molecule has 0 unspecified atom stereocenters. The summed E-state index contributed by atoms with van der Waals surface area (Å²) < 4.78 is 80.9. The zero-order valence-corrected chi connectivity index (χ0v) is 51.2. The van der Waals surface area contributed by atoms with Gasteiger partial charge in [-0.05, 0) is 146 Å². The number of carbonyl (C=O) groups excluding carboxylic acids is 4. The number of nitrogens with zero attached hydrogens (tertiary/aromatic N) is 3. The Balaban J connectivity index is 0.000000189. The van der Waals surface area contributed by atoms with E-state index in [1.54, 1.807) is 51.1 Å². The smallest absolute Gasteiger partial charge is 1.00 e. The average Bonchev–Trinajstić information content (AvgIpc) is 1.18. The first kappa shape index (κ1) is 67.1. The molecule has 3 spiro atoms. The minimum atomic E-state index is -0.734. The summed E-state index contributed by atoms with van der Waals surface area (Å²) in [5, 5.41) is 39.7. The summed E-state index contributed by atoms with van der Waals surface area (Å²) in [5.74, 6) is -2.76. The number of ketones is 1. The summed E-state index contributed by atoms with van der Waals surface area (Å²) in [6.45, 7) is 3.71. The number of carbonyl (C=O) groups is 4. The van der Waals surface area contributed by atoms with E-state index < -0.39 is 41.0 Å². The van der Waals surface area contributed by atoms with Crippen molar-refractivity contribution in [2.45, 2.75) is 106 Å². The number of piperidine rings is 3. The number of hydrogen-bond acceptors (Lipinski definition) is 12. The van der Waals surface area contributed by atoms with Gasteiger partial charge in [-0.1, -0.05) is 18.2 Å². The average molecular weight is 1240 g/mol. The summed E-state index contributed by atoms with van der Waals surface area (Å²) in [6, 6.07) is 25.7. The van der Waals surface area contributed by atoms with Gasteiger partial charge in [0.25, 0.3) is 0 Å². The number of benzene rings is 6. The molecular weight excluding hydrogens is 1170 g/mol. The van der Waals surface area contributed by atoms with Gasteiger partial charge in [0.05, 0.1) is 29.3 Å². The maximum atomic E-state index is 13.5. The molecule has 18 nitrogen and oxygen atoms in total. The van der Waals surface area contributed by atoms with Gasteiger partial charge in [0.15, 0.2) is 5.78 Å². The number of amides is 6. The molecule has 0 bridgehead atoms. The van der Waals surface area contributed by atoms with Gasteiger partial charge in [0.1, 0.15) is 34.9 Å². The van der Waals surface area contributed by atoms with Crippen LogP contribution in [0, 0.1) is 34.9 Å². The summed E-state index contributed by atoms with van der Waals surface area (Å²) >= 11 is 0. The number of nitrogens with two attached hydrogens (primary N) is 3. The van der Waals surface area contributed by atoms with Gasteiger partial charge in [-0.15, -0.1) is 0 Å². The molecule has 6 aromatic rings. The van der Waals surface area contributed by atoms with Gasteiger partial charge in [-0.2, -0.15) is 0 Å². The fourth-order valence-corrected chi connectivity index (χ4v) is 12.4. The fourth-order valence-electron chi connectivity index (χ4n) is 12.4.